The lowest BCUT2D eigenvalue weighted by molar-refractivity contribution is -0.140. The molecule has 0 aliphatic carbocycles. The van der Waals surface area contributed by atoms with Crippen LogP contribution in [0.15, 0.2) is 24.3 Å². The number of piperazine rings is 1. The Morgan fingerprint density at radius 2 is 1.61 bits per heavy atom. The molecule has 8 heteroatoms. The predicted octanol–water partition coefficient (Wildman–Crippen LogP) is 0.517. The Hall–Kier alpha value is -1.86. The van der Waals surface area contributed by atoms with Crippen LogP contribution in [0.4, 0.5) is 4.39 Å². The van der Waals surface area contributed by atoms with Crippen molar-refractivity contribution in [3.05, 3.63) is 30.1 Å². The number of nitrogens with one attached hydrogen (secondary N) is 1. The van der Waals surface area contributed by atoms with Crippen molar-refractivity contribution >= 4 is 24.2 Å². The summed E-state index contributed by atoms with van der Waals surface area (Å²) < 4.78 is 18.1. The predicted molar refractivity (Wildman–Crippen MR) is 86.2 cm³/mol. The maximum atomic E-state index is 12.8. The van der Waals surface area contributed by atoms with Gasteiger partial charge in [-0.25, -0.2) is 4.39 Å². The van der Waals surface area contributed by atoms with E-state index in [0.717, 1.165) is 0 Å². The molecule has 128 valence electrons. The van der Waals surface area contributed by atoms with Crippen LogP contribution in [0.5, 0.6) is 5.75 Å². The molecule has 1 fully saturated rings. The van der Waals surface area contributed by atoms with Gasteiger partial charge < -0.3 is 19.9 Å². The van der Waals surface area contributed by atoms with Crippen LogP contribution in [0.2, 0.25) is 0 Å². The monoisotopic (exact) mass is 345 g/mol. The smallest absolute Gasteiger partial charge is 0.260 e. The molecular formula is C15H21ClFN3O3. The number of ether oxygens (including phenoxy) is 1. The molecule has 23 heavy (non-hydrogen) atoms. The van der Waals surface area contributed by atoms with Crippen LogP contribution in [0, 0.1) is 5.82 Å². The Balaban J connectivity index is 0.00000264. The first-order valence-corrected chi connectivity index (χ1v) is 7.18. The highest BCUT2D eigenvalue weighted by molar-refractivity contribution is 5.85. The second-order valence-electron chi connectivity index (χ2n) is 5.03. The van der Waals surface area contributed by atoms with Gasteiger partial charge in [0, 0.05) is 26.2 Å². The molecule has 1 heterocycles. The third-order valence-corrected chi connectivity index (χ3v) is 3.49. The zero-order valence-electron chi connectivity index (χ0n) is 13.0. The van der Waals surface area contributed by atoms with E-state index in [1.165, 1.54) is 24.3 Å². The summed E-state index contributed by atoms with van der Waals surface area (Å²) in [4.78, 5) is 27.2. The third kappa shape index (κ3) is 5.69. The minimum absolute atomic E-state index is 0. The van der Waals surface area contributed by atoms with Crippen molar-refractivity contribution in [2.45, 2.75) is 0 Å². The van der Waals surface area contributed by atoms with Crippen molar-refractivity contribution in [1.29, 1.82) is 0 Å². The minimum atomic E-state index is -0.346. The van der Waals surface area contributed by atoms with Crippen molar-refractivity contribution in [3.63, 3.8) is 0 Å². The number of halogens is 2. The summed E-state index contributed by atoms with van der Waals surface area (Å²) in [7, 11) is 1.73. The first-order valence-electron chi connectivity index (χ1n) is 7.18. The van der Waals surface area contributed by atoms with Crippen molar-refractivity contribution < 1.29 is 18.7 Å². The SMILES string of the molecule is CNCC(=O)N1CCN(C(=O)COc2ccc(F)cc2)CC1.Cl. The topological polar surface area (TPSA) is 61.9 Å². The molecule has 0 saturated carbocycles. The quantitative estimate of drug-likeness (QED) is 0.845. The second kappa shape index (κ2) is 9.32. The van der Waals surface area contributed by atoms with Crippen molar-refractivity contribution in [2.24, 2.45) is 0 Å². The lowest BCUT2D eigenvalue weighted by Gasteiger charge is -2.34. The molecule has 1 N–H and O–H groups in total. The Morgan fingerprint density at radius 1 is 1.09 bits per heavy atom. The summed E-state index contributed by atoms with van der Waals surface area (Å²) in [6.45, 7) is 2.28. The highest BCUT2D eigenvalue weighted by atomic mass is 35.5. The van der Waals surface area contributed by atoms with Crippen molar-refractivity contribution in [3.8, 4) is 5.75 Å². The Bertz CT molecular complexity index is 519. The van der Waals surface area contributed by atoms with Crippen molar-refractivity contribution in [1.82, 2.24) is 15.1 Å². The fraction of sp³-hybridized carbons (Fsp3) is 0.467. The fourth-order valence-corrected chi connectivity index (χ4v) is 2.24. The molecule has 0 aromatic heterocycles. The summed E-state index contributed by atoms with van der Waals surface area (Å²) in [5, 5.41) is 2.82. The van der Waals surface area contributed by atoms with E-state index < -0.39 is 0 Å². The average Bonchev–Trinajstić information content (AvgIpc) is 2.54. The molecule has 1 aliphatic rings. The molecular weight excluding hydrogens is 325 g/mol. The molecule has 0 radical (unpaired) electrons. The molecule has 6 nitrogen and oxygen atoms in total. The summed E-state index contributed by atoms with van der Waals surface area (Å²) in [6, 6.07) is 5.53. The van der Waals surface area contributed by atoms with Gasteiger partial charge in [-0.3, -0.25) is 9.59 Å². The maximum absolute atomic E-state index is 12.8. The largest absolute Gasteiger partial charge is 0.484 e. The summed E-state index contributed by atoms with van der Waals surface area (Å²) in [5.41, 5.74) is 0. The Kier molecular flexibility index (Phi) is 7.77. The van der Waals surface area contributed by atoms with Gasteiger partial charge in [-0.05, 0) is 31.3 Å². The van der Waals surface area contributed by atoms with Gasteiger partial charge >= 0.3 is 0 Å². The van der Waals surface area contributed by atoms with Crippen LogP contribution in [-0.4, -0.2) is 68.0 Å². The molecule has 2 amide bonds. The number of carbonyl (C=O) groups excluding carboxylic acids is 2. The van der Waals surface area contributed by atoms with E-state index in [4.69, 9.17) is 4.74 Å². The molecule has 0 bridgehead atoms. The van der Waals surface area contributed by atoms with E-state index in [2.05, 4.69) is 5.32 Å². The molecule has 1 aliphatic heterocycles. The summed E-state index contributed by atoms with van der Waals surface area (Å²) in [5.74, 6) is 0.0146. The van der Waals surface area contributed by atoms with Gasteiger partial charge in [0.1, 0.15) is 11.6 Å². The molecule has 1 aromatic rings. The highest BCUT2D eigenvalue weighted by Gasteiger charge is 2.23. The normalized spacial score (nSPS) is 14.2. The summed E-state index contributed by atoms with van der Waals surface area (Å²) in [6.07, 6.45) is 0. The number of nitrogens with zero attached hydrogens (tertiary/aromatic N) is 2. The fourth-order valence-electron chi connectivity index (χ4n) is 2.24. The van der Waals surface area contributed by atoms with E-state index in [1.807, 2.05) is 0 Å². The van der Waals surface area contributed by atoms with Crippen LogP contribution in [0.3, 0.4) is 0 Å². The summed E-state index contributed by atoms with van der Waals surface area (Å²) >= 11 is 0. The number of hydrogen-bond acceptors (Lipinski definition) is 4. The average molecular weight is 346 g/mol. The minimum Gasteiger partial charge on any atom is -0.484 e. The molecule has 0 unspecified atom stereocenters. The highest BCUT2D eigenvalue weighted by Crippen LogP contribution is 2.11. The molecule has 0 spiro atoms. The third-order valence-electron chi connectivity index (χ3n) is 3.49. The van der Waals surface area contributed by atoms with Gasteiger partial charge in [-0.2, -0.15) is 0 Å². The number of rotatable bonds is 5. The maximum Gasteiger partial charge on any atom is 0.260 e. The zero-order chi connectivity index (χ0) is 15.9. The van der Waals surface area contributed by atoms with Crippen LogP contribution < -0.4 is 10.1 Å². The zero-order valence-corrected chi connectivity index (χ0v) is 13.8. The van der Waals surface area contributed by atoms with E-state index >= 15 is 0 Å². The Labute approximate surface area is 141 Å². The first-order chi connectivity index (χ1) is 10.6. The van der Waals surface area contributed by atoms with Crippen LogP contribution in [0.25, 0.3) is 0 Å². The molecule has 1 saturated heterocycles. The van der Waals surface area contributed by atoms with Crippen LogP contribution >= 0.6 is 12.4 Å². The van der Waals surface area contributed by atoms with Crippen molar-refractivity contribution in [2.75, 3.05) is 46.4 Å². The van der Waals surface area contributed by atoms with Gasteiger partial charge in [-0.1, -0.05) is 0 Å². The van der Waals surface area contributed by atoms with Gasteiger partial charge in [-0.15, -0.1) is 12.4 Å². The number of carbonyl (C=O) groups is 2. The Morgan fingerprint density at radius 3 is 2.13 bits per heavy atom. The lowest BCUT2D eigenvalue weighted by Crippen LogP contribution is -2.53. The van der Waals surface area contributed by atoms with E-state index in [-0.39, 0.29) is 36.6 Å². The van der Waals surface area contributed by atoms with Gasteiger partial charge in [0.05, 0.1) is 6.54 Å². The second-order valence-corrected chi connectivity index (χ2v) is 5.03. The molecule has 2 rings (SSSR count). The molecule has 0 atom stereocenters. The standard InChI is InChI=1S/C15H20FN3O3.ClH/c1-17-10-14(20)18-6-8-19(9-7-18)15(21)11-22-13-4-2-12(16)3-5-13;/h2-5,17H,6-11H2,1H3;1H. The number of likely N-dealkylation sites (N-methyl/N-ethyl adjacent to an activating group) is 1. The van der Waals surface area contributed by atoms with E-state index in [1.54, 1.807) is 16.8 Å². The van der Waals surface area contributed by atoms with E-state index in [0.29, 0.717) is 38.5 Å². The first kappa shape index (κ1) is 19.2. The number of hydrogen-bond donors (Lipinski definition) is 1. The number of benzene rings is 1. The molecule has 1 aromatic carbocycles. The van der Waals surface area contributed by atoms with Crippen LogP contribution in [-0.2, 0) is 9.59 Å². The van der Waals surface area contributed by atoms with Gasteiger partial charge in [0.25, 0.3) is 5.91 Å². The lowest BCUT2D eigenvalue weighted by atomic mass is 10.3. The van der Waals surface area contributed by atoms with Crippen LogP contribution in [0.1, 0.15) is 0 Å². The van der Waals surface area contributed by atoms with E-state index in [9.17, 15) is 14.0 Å². The van der Waals surface area contributed by atoms with Gasteiger partial charge in [0.15, 0.2) is 6.61 Å². The number of amides is 2. The van der Waals surface area contributed by atoms with Gasteiger partial charge in [0.2, 0.25) is 5.91 Å².